The minimum atomic E-state index is -0.448. The van der Waals surface area contributed by atoms with E-state index in [-0.39, 0.29) is 0 Å². The zero-order valence-corrected chi connectivity index (χ0v) is 13.3. The van der Waals surface area contributed by atoms with Crippen LogP contribution in [0.1, 0.15) is 17.3 Å². The lowest BCUT2D eigenvalue weighted by Crippen LogP contribution is -2.09. The molecule has 2 N–H and O–H groups in total. The second kappa shape index (κ2) is 6.91. The van der Waals surface area contributed by atoms with Gasteiger partial charge in [-0.3, -0.25) is 0 Å². The number of esters is 1. The minimum absolute atomic E-state index is 0.302. The SMILES string of the molecule is CCOC(=O)c1ccnc(Sc2nnc(SC)s2)c1N. The molecule has 2 aromatic rings. The molecular formula is C11H12N4O2S3. The molecule has 0 aliphatic heterocycles. The van der Waals surface area contributed by atoms with Gasteiger partial charge in [-0.15, -0.1) is 10.2 Å². The zero-order valence-electron chi connectivity index (χ0n) is 10.8. The van der Waals surface area contributed by atoms with Gasteiger partial charge < -0.3 is 10.5 Å². The summed E-state index contributed by atoms with van der Waals surface area (Å²) in [6.45, 7) is 2.05. The minimum Gasteiger partial charge on any atom is -0.462 e. The number of carbonyl (C=O) groups is 1. The van der Waals surface area contributed by atoms with Crippen LogP contribution in [0.3, 0.4) is 0 Å². The predicted octanol–water partition coefficient (Wildman–Crippen LogP) is 2.57. The van der Waals surface area contributed by atoms with E-state index in [1.807, 2.05) is 6.26 Å². The van der Waals surface area contributed by atoms with Gasteiger partial charge in [0.2, 0.25) is 0 Å². The van der Waals surface area contributed by atoms with Gasteiger partial charge in [0.1, 0.15) is 5.03 Å². The Morgan fingerprint density at radius 2 is 2.20 bits per heavy atom. The summed E-state index contributed by atoms with van der Waals surface area (Å²) in [5.41, 5.74) is 6.59. The molecule has 20 heavy (non-hydrogen) atoms. The van der Waals surface area contributed by atoms with Crippen molar-refractivity contribution < 1.29 is 9.53 Å². The lowest BCUT2D eigenvalue weighted by molar-refractivity contribution is 0.0527. The van der Waals surface area contributed by atoms with Gasteiger partial charge in [0, 0.05) is 6.20 Å². The van der Waals surface area contributed by atoms with Gasteiger partial charge in [0.15, 0.2) is 8.68 Å². The molecule has 9 heteroatoms. The number of nitrogen functional groups attached to an aromatic ring is 1. The van der Waals surface area contributed by atoms with E-state index in [4.69, 9.17) is 10.5 Å². The Bertz CT molecular complexity index is 617. The Morgan fingerprint density at radius 1 is 1.45 bits per heavy atom. The van der Waals surface area contributed by atoms with Crippen molar-refractivity contribution in [1.29, 1.82) is 0 Å². The van der Waals surface area contributed by atoms with Crippen LogP contribution in [0.25, 0.3) is 0 Å². The first kappa shape index (κ1) is 15.1. The molecule has 0 radical (unpaired) electrons. The van der Waals surface area contributed by atoms with E-state index in [1.54, 1.807) is 13.0 Å². The molecule has 0 aromatic carbocycles. The highest BCUT2D eigenvalue weighted by molar-refractivity contribution is 8.03. The zero-order chi connectivity index (χ0) is 14.5. The standard InChI is InChI=1S/C11H12N4O2S3/c1-3-17-9(16)6-4-5-13-8(7(6)12)19-11-15-14-10(18-2)20-11/h4-5H,3,12H2,1-2H3. The summed E-state index contributed by atoms with van der Waals surface area (Å²) in [7, 11) is 0. The summed E-state index contributed by atoms with van der Waals surface area (Å²) < 4.78 is 6.55. The maximum Gasteiger partial charge on any atom is 0.340 e. The quantitative estimate of drug-likeness (QED) is 0.661. The Balaban J connectivity index is 2.24. The van der Waals surface area contributed by atoms with Gasteiger partial charge in [0.05, 0.1) is 17.9 Å². The molecule has 0 saturated heterocycles. The fraction of sp³-hybridized carbons (Fsp3) is 0.273. The Hall–Kier alpha value is -1.32. The summed E-state index contributed by atoms with van der Waals surface area (Å²) in [5, 5.41) is 8.56. The number of hydrogen-bond acceptors (Lipinski definition) is 9. The third kappa shape index (κ3) is 3.41. The van der Waals surface area contributed by atoms with Crippen molar-refractivity contribution in [3.05, 3.63) is 17.8 Å². The first-order valence-electron chi connectivity index (χ1n) is 5.62. The monoisotopic (exact) mass is 328 g/mol. The molecule has 106 valence electrons. The molecule has 0 amide bonds. The maximum absolute atomic E-state index is 11.8. The van der Waals surface area contributed by atoms with Crippen LogP contribution in [0.2, 0.25) is 0 Å². The van der Waals surface area contributed by atoms with Crippen LogP contribution < -0.4 is 5.73 Å². The summed E-state index contributed by atoms with van der Waals surface area (Å²) in [5.74, 6) is -0.448. The normalized spacial score (nSPS) is 10.5. The number of anilines is 1. The van der Waals surface area contributed by atoms with Gasteiger partial charge in [0.25, 0.3) is 0 Å². The van der Waals surface area contributed by atoms with Gasteiger partial charge >= 0.3 is 5.97 Å². The number of ether oxygens (including phenoxy) is 1. The summed E-state index contributed by atoms with van der Waals surface area (Å²) in [4.78, 5) is 15.9. The second-order valence-electron chi connectivity index (χ2n) is 3.44. The third-order valence-electron chi connectivity index (χ3n) is 2.20. The summed E-state index contributed by atoms with van der Waals surface area (Å²) in [6, 6.07) is 1.55. The van der Waals surface area contributed by atoms with Crippen LogP contribution in [0.4, 0.5) is 5.69 Å². The van der Waals surface area contributed by atoms with Crippen LogP contribution in [-0.4, -0.2) is 34.0 Å². The van der Waals surface area contributed by atoms with E-state index in [1.165, 1.54) is 41.1 Å². The lowest BCUT2D eigenvalue weighted by Gasteiger charge is -2.07. The number of carbonyl (C=O) groups excluding carboxylic acids is 1. The van der Waals surface area contributed by atoms with Crippen molar-refractivity contribution in [2.45, 2.75) is 20.6 Å². The number of rotatable bonds is 5. The number of pyridine rings is 1. The summed E-state index contributed by atoms with van der Waals surface area (Å²) in [6.07, 6.45) is 3.46. The number of thioether (sulfide) groups is 1. The molecule has 0 spiro atoms. The third-order valence-corrected chi connectivity index (χ3v) is 5.16. The van der Waals surface area contributed by atoms with Crippen molar-refractivity contribution in [3.8, 4) is 0 Å². The van der Waals surface area contributed by atoms with Crippen LogP contribution in [0, 0.1) is 0 Å². The Morgan fingerprint density at radius 3 is 2.85 bits per heavy atom. The van der Waals surface area contributed by atoms with Crippen molar-refractivity contribution >= 4 is 46.5 Å². The second-order valence-corrected chi connectivity index (χ2v) is 6.70. The van der Waals surface area contributed by atoms with Crippen molar-refractivity contribution in [2.75, 3.05) is 18.6 Å². The maximum atomic E-state index is 11.8. The molecule has 6 nitrogen and oxygen atoms in total. The molecule has 0 atom stereocenters. The van der Waals surface area contributed by atoms with Crippen LogP contribution in [-0.2, 0) is 4.74 Å². The molecule has 2 rings (SSSR count). The highest BCUT2D eigenvalue weighted by Gasteiger charge is 2.16. The van der Waals surface area contributed by atoms with E-state index >= 15 is 0 Å². The van der Waals surface area contributed by atoms with Crippen molar-refractivity contribution in [2.24, 2.45) is 0 Å². The number of nitrogens with two attached hydrogens (primary N) is 1. The molecule has 0 fully saturated rings. The smallest absolute Gasteiger partial charge is 0.340 e. The molecule has 0 aliphatic rings. The Labute approximate surface area is 128 Å². The Kier molecular flexibility index (Phi) is 5.21. The molecule has 0 saturated carbocycles. The van der Waals surface area contributed by atoms with E-state index in [0.717, 1.165) is 8.68 Å². The molecule has 0 bridgehead atoms. The average Bonchev–Trinajstić information content (AvgIpc) is 2.89. The van der Waals surface area contributed by atoms with Gasteiger partial charge in [-0.05, 0) is 31.0 Å². The fourth-order valence-electron chi connectivity index (χ4n) is 1.33. The molecular weight excluding hydrogens is 316 g/mol. The van der Waals surface area contributed by atoms with Crippen LogP contribution >= 0.6 is 34.9 Å². The first-order valence-corrected chi connectivity index (χ1v) is 8.48. The number of hydrogen-bond donors (Lipinski definition) is 1. The van der Waals surface area contributed by atoms with Crippen molar-refractivity contribution in [3.63, 3.8) is 0 Å². The fourth-order valence-corrected chi connectivity index (χ4v) is 3.71. The van der Waals surface area contributed by atoms with Gasteiger partial charge in [-0.2, -0.15) is 0 Å². The van der Waals surface area contributed by atoms with E-state index in [0.29, 0.717) is 22.9 Å². The number of aromatic nitrogens is 3. The highest BCUT2D eigenvalue weighted by atomic mass is 32.2. The first-order chi connectivity index (χ1) is 9.65. The number of nitrogens with zero attached hydrogens (tertiary/aromatic N) is 3. The van der Waals surface area contributed by atoms with E-state index < -0.39 is 5.97 Å². The van der Waals surface area contributed by atoms with Crippen LogP contribution in [0.15, 0.2) is 26.0 Å². The lowest BCUT2D eigenvalue weighted by atomic mass is 10.2. The van der Waals surface area contributed by atoms with E-state index in [9.17, 15) is 4.79 Å². The van der Waals surface area contributed by atoms with Gasteiger partial charge in [-0.25, -0.2) is 9.78 Å². The molecule has 0 aliphatic carbocycles. The molecule has 0 unspecified atom stereocenters. The average molecular weight is 328 g/mol. The van der Waals surface area contributed by atoms with Gasteiger partial charge in [-0.1, -0.05) is 23.1 Å². The topological polar surface area (TPSA) is 91.0 Å². The van der Waals surface area contributed by atoms with Crippen molar-refractivity contribution in [1.82, 2.24) is 15.2 Å². The largest absolute Gasteiger partial charge is 0.462 e. The van der Waals surface area contributed by atoms with Crippen LogP contribution in [0.5, 0.6) is 0 Å². The predicted molar refractivity (Wildman–Crippen MR) is 80.4 cm³/mol. The van der Waals surface area contributed by atoms with E-state index in [2.05, 4.69) is 15.2 Å². The molecule has 2 heterocycles. The summed E-state index contributed by atoms with van der Waals surface area (Å²) >= 11 is 4.27. The highest BCUT2D eigenvalue weighted by Crippen LogP contribution is 2.35. The molecule has 2 aromatic heterocycles.